The molecule has 1 saturated carbocycles. The Kier molecular flexibility index (Phi) is 3.16. The predicted molar refractivity (Wildman–Crippen MR) is 79.0 cm³/mol. The number of amides is 1. The molecule has 2 heterocycles. The van der Waals surface area contributed by atoms with Crippen LogP contribution in [0.1, 0.15) is 45.3 Å². The van der Waals surface area contributed by atoms with E-state index in [0.717, 1.165) is 23.7 Å². The molecule has 1 aromatic rings. The van der Waals surface area contributed by atoms with Gasteiger partial charge in [-0.15, -0.1) is 11.3 Å². The van der Waals surface area contributed by atoms with E-state index < -0.39 is 5.60 Å². The molecule has 0 bridgehead atoms. The molecule has 0 unspecified atom stereocenters. The molecule has 5 nitrogen and oxygen atoms in total. The summed E-state index contributed by atoms with van der Waals surface area (Å²) in [4.78, 5) is 18.9. The molecule has 1 saturated heterocycles. The average Bonchev–Trinajstić information content (AvgIpc) is 2.83. The zero-order chi connectivity index (χ0) is 14.5. The maximum Gasteiger partial charge on any atom is 0.411 e. The summed E-state index contributed by atoms with van der Waals surface area (Å²) in [6.45, 7) is 5.72. The molecular weight excluding hydrogens is 274 g/mol. The highest BCUT2D eigenvalue weighted by Crippen LogP contribution is 2.54. The molecule has 1 aliphatic heterocycles. The fourth-order valence-corrected chi connectivity index (χ4v) is 3.57. The van der Waals surface area contributed by atoms with Crippen LogP contribution in [0.25, 0.3) is 0 Å². The molecule has 0 spiro atoms. The normalized spacial score (nSPS) is 28.2. The average molecular weight is 295 g/mol. The number of rotatable bonds is 2. The van der Waals surface area contributed by atoms with Crippen LogP contribution in [0.4, 0.5) is 9.93 Å². The van der Waals surface area contributed by atoms with Gasteiger partial charge in [-0.2, -0.15) is 0 Å². The minimum absolute atomic E-state index is 0.0759. The van der Waals surface area contributed by atoms with E-state index in [1.54, 1.807) is 11.3 Å². The fraction of sp³-hybridized carbons (Fsp3) is 0.714. The Morgan fingerprint density at radius 1 is 1.50 bits per heavy atom. The van der Waals surface area contributed by atoms with Gasteiger partial charge in [0, 0.05) is 18.5 Å². The number of anilines is 1. The molecule has 6 heteroatoms. The number of fused-ring (bicyclic) bond motifs is 1. The number of ether oxygens (including phenoxy) is 1. The molecule has 110 valence electrons. The van der Waals surface area contributed by atoms with Crippen LogP contribution in [0.3, 0.4) is 0 Å². The summed E-state index contributed by atoms with van der Waals surface area (Å²) in [5.74, 6) is 0.632. The second-order valence-corrected chi connectivity index (χ2v) is 7.39. The van der Waals surface area contributed by atoms with Crippen molar-refractivity contribution in [1.29, 1.82) is 0 Å². The number of hydrogen-bond acceptors (Lipinski definition) is 5. The first-order valence-corrected chi connectivity index (χ1v) is 7.91. The first-order chi connectivity index (χ1) is 9.39. The highest BCUT2D eigenvalue weighted by molar-refractivity contribution is 7.13. The Hall–Kier alpha value is -1.30. The van der Waals surface area contributed by atoms with Crippen molar-refractivity contribution in [2.24, 2.45) is 5.92 Å². The van der Waals surface area contributed by atoms with Crippen LogP contribution in [-0.4, -0.2) is 34.7 Å². The van der Waals surface area contributed by atoms with Gasteiger partial charge in [-0.1, -0.05) is 0 Å². The van der Waals surface area contributed by atoms with Gasteiger partial charge >= 0.3 is 6.09 Å². The highest BCUT2D eigenvalue weighted by Gasteiger charge is 2.55. The maximum absolute atomic E-state index is 12.4. The van der Waals surface area contributed by atoms with Crippen molar-refractivity contribution in [1.82, 2.24) is 9.88 Å². The third-order valence-electron chi connectivity index (χ3n) is 3.79. The number of aromatic nitrogens is 1. The zero-order valence-corrected chi connectivity index (χ0v) is 13.2. The van der Waals surface area contributed by atoms with Crippen molar-refractivity contribution < 1.29 is 9.53 Å². The van der Waals surface area contributed by atoms with E-state index in [1.165, 1.54) is 0 Å². The standard InChI is InChI=1S/C14H21N3O2S/c1-14(2,3)19-13(18)17-10-5-8(10)6-11(17)9-7-20-12(15-4)16-9/h7-8,10-11H,5-6H2,1-4H3,(H,15,16)/t8-,10+,11-/m1/s1. The number of carbonyl (C=O) groups excluding carboxylic acids is 1. The Morgan fingerprint density at radius 3 is 2.85 bits per heavy atom. The topological polar surface area (TPSA) is 54.5 Å². The summed E-state index contributed by atoms with van der Waals surface area (Å²) in [5, 5.41) is 5.98. The molecule has 0 aromatic carbocycles. The third-order valence-corrected chi connectivity index (χ3v) is 4.66. The summed E-state index contributed by atoms with van der Waals surface area (Å²) in [5.41, 5.74) is 0.532. The number of carbonyl (C=O) groups is 1. The third kappa shape index (κ3) is 2.49. The molecule has 2 aliphatic rings. The lowest BCUT2D eigenvalue weighted by Gasteiger charge is -2.29. The van der Waals surface area contributed by atoms with Crippen molar-refractivity contribution >= 4 is 22.6 Å². The van der Waals surface area contributed by atoms with Crippen molar-refractivity contribution in [2.45, 2.75) is 51.3 Å². The lowest BCUT2D eigenvalue weighted by molar-refractivity contribution is 0.0179. The summed E-state index contributed by atoms with van der Waals surface area (Å²) in [7, 11) is 1.86. The van der Waals surface area contributed by atoms with Crippen molar-refractivity contribution in [3.8, 4) is 0 Å². The van der Waals surface area contributed by atoms with E-state index in [0.29, 0.717) is 12.0 Å². The second kappa shape index (κ2) is 4.62. The van der Waals surface area contributed by atoms with Gasteiger partial charge in [0.1, 0.15) is 5.60 Å². The number of likely N-dealkylation sites (tertiary alicyclic amines) is 1. The molecule has 3 rings (SSSR count). The first-order valence-electron chi connectivity index (χ1n) is 7.03. The number of nitrogens with one attached hydrogen (secondary N) is 1. The molecule has 1 aromatic heterocycles. The molecule has 2 fully saturated rings. The number of hydrogen-bond donors (Lipinski definition) is 1. The molecule has 1 aliphatic carbocycles. The molecular formula is C14H21N3O2S. The van der Waals surface area contributed by atoms with Crippen molar-refractivity contribution in [3.63, 3.8) is 0 Å². The van der Waals surface area contributed by atoms with Crippen molar-refractivity contribution in [3.05, 3.63) is 11.1 Å². The van der Waals surface area contributed by atoms with Crippen LogP contribution in [-0.2, 0) is 4.74 Å². The van der Waals surface area contributed by atoms with Gasteiger partial charge in [0.15, 0.2) is 5.13 Å². The van der Waals surface area contributed by atoms with E-state index in [9.17, 15) is 4.79 Å². The lowest BCUT2D eigenvalue weighted by atomic mass is 10.1. The van der Waals surface area contributed by atoms with Crippen LogP contribution in [0.5, 0.6) is 0 Å². The van der Waals surface area contributed by atoms with Crippen LogP contribution in [0.15, 0.2) is 5.38 Å². The smallest absolute Gasteiger partial charge is 0.411 e. The van der Waals surface area contributed by atoms with Gasteiger partial charge in [0.2, 0.25) is 0 Å². The summed E-state index contributed by atoms with van der Waals surface area (Å²) >= 11 is 1.58. The quantitative estimate of drug-likeness (QED) is 0.910. The Labute approximate surface area is 123 Å². The van der Waals surface area contributed by atoms with Crippen LogP contribution >= 0.6 is 11.3 Å². The Morgan fingerprint density at radius 2 is 2.25 bits per heavy atom. The van der Waals surface area contributed by atoms with E-state index in [2.05, 4.69) is 10.3 Å². The fourth-order valence-electron chi connectivity index (χ4n) is 2.85. The van der Waals surface area contributed by atoms with Gasteiger partial charge < -0.3 is 10.1 Å². The minimum Gasteiger partial charge on any atom is -0.444 e. The van der Waals surface area contributed by atoms with Crippen LogP contribution in [0.2, 0.25) is 0 Å². The van der Waals surface area contributed by atoms with Gasteiger partial charge in [0.25, 0.3) is 0 Å². The summed E-state index contributed by atoms with van der Waals surface area (Å²) in [6, 6.07) is 0.432. The maximum atomic E-state index is 12.4. The SMILES string of the molecule is CNc1nc([C@H]2C[C@H]3C[C@@H]3N2C(=O)OC(C)(C)C)cs1. The minimum atomic E-state index is -0.452. The largest absolute Gasteiger partial charge is 0.444 e. The first kappa shape index (κ1) is 13.7. The number of nitrogens with zero attached hydrogens (tertiary/aromatic N) is 2. The monoisotopic (exact) mass is 295 g/mol. The van der Waals surface area contributed by atoms with Gasteiger partial charge in [-0.3, -0.25) is 4.90 Å². The van der Waals surface area contributed by atoms with E-state index in [1.807, 2.05) is 38.1 Å². The molecule has 1 amide bonds. The van der Waals surface area contributed by atoms with E-state index in [-0.39, 0.29) is 12.1 Å². The summed E-state index contributed by atoms with van der Waals surface area (Å²) in [6.07, 6.45) is 1.92. The van der Waals surface area contributed by atoms with Gasteiger partial charge in [-0.25, -0.2) is 9.78 Å². The molecule has 1 N–H and O–H groups in total. The van der Waals surface area contributed by atoms with Gasteiger partial charge in [0.05, 0.1) is 11.7 Å². The lowest BCUT2D eigenvalue weighted by Crippen LogP contribution is -2.38. The zero-order valence-electron chi connectivity index (χ0n) is 12.3. The van der Waals surface area contributed by atoms with Crippen LogP contribution in [0, 0.1) is 5.92 Å². The van der Waals surface area contributed by atoms with Gasteiger partial charge in [-0.05, 0) is 39.5 Å². The Bertz CT molecular complexity index is 523. The molecule has 3 atom stereocenters. The Balaban J connectivity index is 1.79. The second-order valence-electron chi connectivity index (χ2n) is 6.53. The predicted octanol–water partition coefficient (Wildman–Crippen LogP) is 3.26. The van der Waals surface area contributed by atoms with Crippen molar-refractivity contribution in [2.75, 3.05) is 12.4 Å². The molecule has 20 heavy (non-hydrogen) atoms. The number of piperidine rings is 1. The summed E-state index contributed by atoms with van der Waals surface area (Å²) < 4.78 is 5.55. The number of thiazole rings is 1. The highest BCUT2D eigenvalue weighted by atomic mass is 32.1. The van der Waals surface area contributed by atoms with Crippen LogP contribution < -0.4 is 5.32 Å². The van der Waals surface area contributed by atoms with E-state index in [4.69, 9.17) is 4.74 Å². The molecule has 0 radical (unpaired) electrons. The van der Waals surface area contributed by atoms with E-state index >= 15 is 0 Å².